The van der Waals surface area contributed by atoms with Crippen LogP contribution in [0, 0.1) is 0 Å². The second-order valence-corrected chi connectivity index (χ2v) is 7.55. The minimum absolute atomic E-state index is 0. The van der Waals surface area contributed by atoms with Crippen molar-refractivity contribution in [1.29, 1.82) is 0 Å². The molecule has 1 unspecified atom stereocenters. The molecule has 0 saturated carbocycles. The molecule has 10 heteroatoms. The molecule has 1 aromatic rings. The number of hydrogen-bond donors (Lipinski definition) is 1. The van der Waals surface area contributed by atoms with Crippen LogP contribution in [0.3, 0.4) is 0 Å². The fourth-order valence-electron chi connectivity index (χ4n) is 2.57. The third-order valence-corrected chi connectivity index (χ3v) is 5.78. The molecule has 0 radical (unpaired) electrons. The van der Waals surface area contributed by atoms with Crippen molar-refractivity contribution in [3.05, 3.63) is 18.0 Å². The first kappa shape index (κ1) is 19.9. The Morgan fingerprint density at radius 1 is 1.35 bits per heavy atom. The summed E-state index contributed by atoms with van der Waals surface area (Å²) in [4.78, 5) is 14.3. The van der Waals surface area contributed by atoms with Gasteiger partial charge in [0, 0.05) is 45.0 Å². The van der Waals surface area contributed by atoms with E-state index in [1.54, 1.807) is 43.0 Å². The van der Waals surface area contributed by atoms with Crippen molar-refractivity contribution in [2.45, 2.75) is 13.0 Å². The third-order valence-electron chi connectivity index (χ3n) is 3.90. The van der Waals surface area contributed by atoms with Crippen LogP contribution in [-0.4, -0.2) is 72.3 Å². The lowest BCUT2D eigenvalue weighted by Crippen LogP contribution is -2.52. The summed E-state index contributed by atoms with van der Waals surface area (Å²) in [5.74, 6) is 0.0412. The van der Waals surface area contributed by atoms with Crippen LogP contribution in [0.2, 0.25) is 0 Å². The van der Waals surface area contributed by atoms with Crippen molar-refractivity contribution < 1.29 is 13.2 Å². The Kier molecular flexibility index (Phi) is 7.00. The minimum Gasteiger partial charge on any atom is -0.338 e. The number of nitrogens with one attached hydrogen (secondary N) is 1. The second kappa shape index (κ2) is 8.09. The average molecular weight is 366 g/mol. The number of amides is 1. The number of sulfonamides is 1. The highest BCUT2D eigenvalue weighted by Crippen LogP contribution is 2.17. The van der Waals surface area contributed by atoms with Crippen LogP contribution in [0.1, 0.15) is 18.5 Å². The van der Waals surface area contributed by atoms with Crippen LogP contribution < -0.4 is 5.32 Å². The maximum absolute atomic E-state index is 12.6. The summed E-state index contributed by atoms with van der Waals surface area (Å²) in [6.07, 6.45) is 3.47. The Labute approximate surface area is 143 Å². The number of carbonyl (C=O) groups is 1. The van der Waals surface area contributed by atoms with Gasteiger partial charge in [-0.3, -0.25) is 9.48 Å². The van der Waals surface area contributed by atoms with Gasteiger partial charge in [0.25, 0.3) is 0 Å². The molecule has 0 aliphatic carbocycles. The van der Waals surface area contributed by atoms with Gasteiger partial charge in [-0.25, -0.2) is 8.42 Å². The highest BCUT2D eigenvalue weighted by Gasteiger charge is 2.31. The van der Waals surface area contributed by atoms with Gasteiger partial charge in [0.2, 0.25) is 15.9 Å². The minimum atomic E-state index is -3.18. The molecular weight excluding hydrogens is 342 g/mol. The summed E-state index contributed by atoms with van der Waals surface area (Å²) >= 11 is 0. The number of rotatable bonds is 5. The molecule has 1 aliphatic rings. The molecule has 1 atom stereocenters. The van der Waals surface area contributed by atoms with E-state index in [2.05, 4.69) is 10.4 Å². The first-order valence-electron chi connectivity index (χ1n) is 7.31. The van der Waals surface area contributed by atoms with E-state index in [9.17, 15) is 13.2 Å². The predicted molar refractivity (Wildman–Crippen MR) is 89.9 cm³/mol. The van der Waals surface area contributed by atoms with Crippen LogP contribution in [-0.2, 0) is 21.9 Å². The summed E-state index contributed by atoms with van der Waals surface area (Å²) in [5, 5.41) is 7.09. The molecule has 0 bridgehead atoms. The first-order valence-corrected chi connectivity index (χ1v) is 8.92. The number of likely N-dealkylation sites (N-methyl/N-ethyl adjacent to an activating group) is 1. The molecule has 1 saturated heterocycles. The summed E-state index contributed by atoms with van der Waals surface area (Å²) in [5.41, 5.74) is 0.804. The SMILES string of the molecule is CCS(=O)(=O)N1CCN(C(=O)C(NC)c2cnn(C)c2)CC1.Cl. The molecule has 1 aliphatic heterocycles. The van der Waals surface area contributed by atoms with E-state index in [4.69, 9.17) is 0 Å². The van der Waals surface area contributed by atoms with Crippen molar-refractivity contribution >= 4 is 28.3 Å². The van der Waals surface area contributed by atoms with Gasteiger partial charge in [-0.1, -0.05) is 0 Å². The highest BCUT2D eigenvalue weighted by molar-refractivity contribution is 7.89. The Morgan fingerprint density at radius 2 is 1.96 bits per heavy atom. The zero-order valence-electron chi connectivity index (χ0n) is 13.6. The van der Waals surface area contributed by atoms with Gasteiger partial charge in [0.05, 0.1) is 11.9 Å². The maximum atomic E-state index is 12.6. The third kappa shape index (κ3) is 4.43. The van der Waals surface area contributed by atoms with Crippen LogP contribution in [0.5, 0.6) is 0 Å². The Morgan fingerprint density at radius 3 is 2.39 bits per heavy atom. The van der Waals surface area contributed by atoms with E-state index in [0.717, 1.165) is 5.56 Å². The summed E-state index contributed by atoms with van der Waals surface area (Å²) in [6, 6.07) is -0.456. The lowest BCUT2D eigenvalue weighted by Gasteiger charge is -2.35. The van der Waals surface area contributed by atoms with Crippen molar-refractivity contribution in [2.75, 3.05) is 39.0 Å². The summed E-state index contributed by atoms with van der Waals surface area (Å²) in [6.45, 7) is 3.16. The van der Waals surface area contributed by atoms with Gasteiger partial charge in [-0.05, 0) is 14.0 Å². The van der Waals surface area contributed by atoms with E-state index in [0.29, 0.717) is 26.2 Å². The van der Waals surface area contributed by atoms with E-state index >= 15 is 0 Å². The normalized spacial score (nSPS) is 17.6. The molecule has 2 rings (SSSR count). The zero-order chi connectivity index (χ0) is 16.3. The predicted octanol–water partition coefficient (Wildman–Crippen LogP) is -0.404. The maximum Gasteiger partial charge on any atom is 0.244 e. The van der Waals surface area contributed by atoms with Crippen molar-refractivity contribution in [2.24, 2.45) is 7.05 Å². The van der Waals surface area contributed by atoms with Crippen molar-refractivity contribution in [3.8, 4) is 0 Å². The number of nitrogens with zero attached hydrogens (tertiary/aromatic N) is 4. The van der Waals surface area contributed by atoms with E-state index < -0.39 is 16.1 Å². The number of hydrogen-bond acceptors (Lipinski definition) is 5. The van der Waals surface area contributed by atoms with Gasteiger partial charge in [0.15, 0.2) is 0 Å². The van der Waals surface area contributed by atoms with Crippen LogP contribution in [0.25, 0.3) is 0 Å². The van der Waals surface area contributed by atoms with E-state index in [1.165, 1.54) is 4.31 Å². The number of halogens is 1. The van der Waals surface area contributed by atoms with Gasteiger partial charge in [0.1, 0.15) is 6.04 Å². The molecule has 1 N–H and O–H groups in total. The number of aromatic nitrogens is 2. The zero-order valence-corrected chi connectivity index (χ0v) is 15.2. The van der Waals surface area contributed by atoms with Crippen molar-refractivity contribution in [1.82, 2.24) is 24.3 Å². The molecular formula is C13H24ClN5O3S. The standard InChI is InChI=1S/C13H23N5O3S.ClH/c1-4-22(20,21)18-7-5-17(6-8-18)13(19)12(14-2)11-9-15-16(3)10-11;/h9-10,12,14H,4-8H2,1-3H3;1H. The fourth-order valence-corrected chi connectivity index (χ4v) is 3.66. The second-order valence-electron chi connectivity index (χ2n) is 5.29. The van der Waals surface area contributed by atoms with Gasteiger partial charge < -0.3 is 10.2 Å². The molecule has 23 heavy (non-hydrogen) atoms. The molecule has 0 spiro atoms. The van der Waals surface area contributed by atoms with Crippen LogP contribution in [0.4, 0.5) is 0 Å². The first-order chi connectivity index (χ1) is 10.4. The molecule has 8 nitrogen and oxygen atoms in total. The molecule has 1 fully saturated rings. The van der Waals surface area contributed by atoms with Crippen LogP contribution in [0.15, 0.2) is 12.4 Å². The molecule has 0 aromatic carbocycles. The van der Waals surface area contributed by atoms with Crippen LogP contribution >= 0.6 is 12.4 Å². The Bertz CT molecular complexity index is 625. The number of aryl methyl sites for hydroxylation is 1. The van der Waals surface area contributed by atoms with Gasteiger partial charge >= 0.3 is 0 Å². The van der Waals surface area contributed by atoms with Crippen molar-refractivity contribution in [3.63, 3.8) is 0 Å². The lowest BCUT2D eigenvalue weighted by atomic mass is 10.1. The Balaban J connectivity index is 0.00000264. The van der Waals surface area contributed by atoms with E-state index in [-0.39, 0.29) is 24.1 Å². The van der Waals surface area contributed by atoms with Gasteiger partial charge in [-0.15, -0.1) is 12.4 Å². The molecule has 132 valence electrons. The average Bonchev–Trinajstić information content (AvgIpc) is 2.94. The fraction of sp³-hybridized carbons (Fsp3) is 0.692. The molecule has 2 heterocycles. The topological polar surface area (TPSA) is 87.5 Å². The molecule has 1 aromatic heterocycles. The Hall–Kier alpha value is -1.16. The molecule has 1 amide bonds. The smallest absolute Gasteiger partial charge is 0.244 e. The van der Waals surface area contributed by atoms with Gasteiger partial charge in [-0.2, -0.15) is 9.40 Å². The summed E-state index contributed by atoms with van der Waals surface area (Å²) < 4.78 is 26.8. The monoisotopic (exact) mass is 365 g/mol. The largest absolute Gasteiger partial charge is 0.338 e. The number of carbonyl (C=O) groups excluding carboxylic acids is 1. The van der Waals surface area contributed by atoms with E-state index in [1.807, 2.05) is 0 Å². The number of piperazine rings is 1. The summed E-state index contributed by atoms with van der Waals surface area (Å²) in [7, 11) is 0.352. The lowest BCUT2D eigenvalue weighted by molar-refractivity contribution is -0.134. The quantitative estimate of drug-likeness (QED) is 0.767. The highest BCUT2D eigenvalue weighted by atomic mass is 35.5.